The minimum atomic E-state index is -1.32. The zero-order valence-electron chi connectivity index (χ0n) is 10.8. The maximum Gasteiger partial charge on any atom is 0.335 e. The fraction of sp³-hybridized carbons (Fsp3) is 0.214. The van der Waals surface area contributed by atoms with Crippen molar-refractivity contribution in [1.82, 2.24) is 9.97 Å². The highest BCUT2D eigenvalue weighted by molar-refractivity contribution is 5.83. The van der Waals surface area contributed by atoms with E-state index in [1.807, 2.05) is 31.2 Å². The summed E-state index contributed by atoms with van der Waals surface area (Å²) in [6.45, 7) is 3.54. The predicted octanol–water partition coefficient (Wildman–Crippen LogP) is 2.20. The molecule has 19 heavy (non-hydrogen) atoms. The molecular formula is C14H15N3O2. The molecule has 5 nitrogen and oxygen atoms in total. The van der Waals surface area contributed by atoms with E-state index in [1.165, 1.54) is 18.6 Å². The molecule has 0 saturated carbocycles. The molecule has 0 aliphatic heterocycles. The summed E-state index contributed by atoms with van der Waals surface area (Å²) < 4.78 is 0. The van der Waals surface area contributed by atoms with Crippen molar-refractivity contribution in [2.24, 2.45) is 0 Å². The molecule has 1 aromatic carbocycles. The van der Waals surface area contributed by atoms with E-state index >= 15 is 0 Å². The van der Waals surface area contributed by atoms with Crippen LogP contribution in [-0.4, -0.2) is 21.0 Å². The second-order valence-electron chi connectivity index (χ2n) is 4.51. The van der Waals surface area contributed by atoms with Gasteiger partial charge < -0.3 is 10.4 Å². The summed E-state index contributed by atoms with van der Waals surface area (Å²) in [6.07, 6.45) is 4.44. The van der Waals surface area contributed by atoms with E-state index in [4.69, 9.17) is 0 Å². The summed E-state index contributed by atoms with van der Waals surface area (Å²) in [5, 5.41) is 12.5. The average molecular weight is 257 g/mol. The molecule has 2 aromatic rings. The molecule has 1 atom stereocenters. The first-order chi connectivity index (χ1) is 9.02. The van der Waals surface area contributed by atoms with Crippen molar-refractivity contribution >= 4 is 11.7 Å². The number of carboxylic acid groups (broad SMARTS) is 1. The van der Waals surface area contributed by atoms with E-state index in [-0.39, 0.29) is 0 Å². The quantitative estimate of drug-likeness (QED) is 0.878. The Morgan fingerprint density at radius 2 is 1.95 bits per heavy atom. The van der Waals surface area contributed by atoms with E-state index in [2.05, 4.69) is 15.3 Å². The first-order valence-electron chi connectivity index (χ1n) is 5.87. The van der Waals surface area contributed by atoms with Crippen molar-refractivity contribution in [2.75, 3.05) is 5.32 Å². The van der Waals surface area contributed by atoms with Gasteiger partial charge in [-0.3, -0.25) is 9.97 Å². The molecule has 0 amide bonds. The zero-order valence-corrected chi connectivity index (χ0v) is 10.8. The van der Waals surface area contributed by atoms with Gasteiger partial charge >= 0.3 is 5.97 Å². The SMILES string of the molecule is Cc1ccc(NC(C)(C(=O)O)c2cnccn2)cc1. The third-order valence-corrected chi connectivity index (χ3v) is 2.95. The summed E-state index contributed by atoms with van der Waals surface area (Å²) in [4.78, 5) is 19.6. The van der Waals surface area contributed by atoms with E-state index in [9.17, 15) is 9.90 Å². The standard InChI is InChI=1S/C14H15N3O2/c1-10-3-5-11(6-4-10)17-14(2,13(18)19)12-9-15-7-8-16-12/h3-9,17H,1-2H3,(H,18,19). The van der Waals surface area contributed by atoms with Crippen molar-refractivity contribution in [3.05, 3.63) is 54.1 Å². The predicted molar refractivity (Wildman–Crippen MR) is 71.8 cm³/mol. The van der Waals surface area contributed by atoms with Gasteiger partial charge in [0.1, 0.15) is 0 Å². The second kappa shape index (κ2) is 5.06. The van der Waals surface area contributed by atoms with Crippen molar-refractivity contribution in [3.63, 3.8) is 0 Å². The molecule has 1 aromatic heterocycles. The summed E-state index contributed by atoms with van der Waals surface area (Å²) >= 11 is 0. The Morgan fingerprint density at radius 1 is 1.26 bits per heavy atom. The van der Waals surface area contributed by atoms with Crippen molar-refractivity contribution in [3.8, 4) is 0 Å². The normalized spacial score (nSPS) is 13.6. The van der Waals surface area contributed by atoms with Crippen LogP contribution in [0.15, 0.2) is 42.9 Å². The first-order valence-corrected chi connectivity index (χ1v) is 5.87. The number of benzene rings is 1. The van der Waals surface area contributed by atoms with Gasteiger partial charge in [0.05, 0.1) is 11.9 Å². The van der Waals surface area contributed by atoms with Gasteiger partial charge in [-0.15, -0.1) is 0 Å². The fourth-order valence-corrected chi connectivity index (χ4v) is 1.71. The van der Waals surface area contributed by atoms with Gasteiger partial charge in [0.2, 0.25) is 0 Å². The lowest BCUT2D eigenvalue weighted by Crippen LogP contribution is -2.41. The molecule has 1 heterocycles. The van der Waals surface area contributed by atoms with Crippen LogP contribution in [-0.2, 0) is 10.3 Å². The van der Waals surface area contributed by atoms with Gasteiger partial charge in [-0.1, -0.05) is 17.7 Å². The number of nitrogens with zero attached hydrogens (tertiary/aromatic N) is 2. The number of aromatic nitrogens is 2. The monoisotopic (exact) mass is 257 g/mol. The van der Waals surface area contributed by atoms with E-state index in [0.29, 0.717) is 5.69 Å². The van der Waals surface area contributed by atoms with Gasteiger partial charge in [-0.25, -0.2) is 4.79 Å². The minimum Gasteiger partial charge on any atom is -0.479 e. The fourth-order valence-electron chi connectivity index (χ4n) is 1.71. The number of aryl methyl sites for hydroxylation is 1. The molecule has 0 fully saturated rings. The zero-order chi connectivity index (χ0) is 13.9. The molecule has 0 radical (unpaired) electrons. The highest BCUT2D eigenvalue weighted by atomic mass is 16.4. The molecule has 0 aliphatic carbocycles. The number of carboxylic acids is 1. The number of rotatable bonds is 4. The molecule has 1 unspecified atom stereocenters. The highest BCUT2D eigenvalue weighted by Gasteiger charge is 2.36. The lowest BCUT2D eigenvalue weighted by molar-refractivity contribution is -0.142. The third-order valence-electron chi connectivity index (χ3n) is 2.95. The largest absolute Gasteiger partial charge is 0.479 e. The summed E-state index contributed by atoms with van der Waals surface area (Å²) in [5.41, 5.74) is 0.884. The van der Waals surface area contributed by atoms with Crippen LogP contribution in [0.3, 0.4) is 0 Å². The van der Waals surface area contributed by atoms with Crippen LogP contribution in [0.2, 0.25) is 0 Å². The van der Waals surface area contributed by atoms with Gasteiger partial charge in [-0.05, 0) is 26.0 Å². The lowest BCUT2D eigenvalue weighted by atomic mass is 9.97. The summed E-state index contributed by atoms with van der Waals surface area (Å²) in [6, 6.07) is 7.52. The molecular weight excluding hydrogens is 242 g/mol. The van der Waals surface area contributed by atoms with Crippen LogP contribution in [0.4, 0.5) is 5.69 Å². The van der Waals surface area contributed by atoms with Crippen LogP contribution in [0.5, 0.6) is 0 Å². The Balaban J connectivity index is 2.36. The maximum absolute atomic E-state index is 11.6. The Kier molecular flexibility index (Phi) is 3.46. The van der Waals surface area contributed by atoms with Gasteiger partial charge in [-0.2, -0.15) is 0 Å². The third kappa shape index (κ3) is 2.70. The molecule has 0 bridgehead atoms. The Morgan fingerprint density at radius 3 is 2.47 bits per heavy atom. The van der Waals surface area contributed by atoms with Crippen LogP contribution in [0.25, 0.3) is 0 Å². The van der Waals surface area contributed by atoms with Crippen LogP contribution in [0, 0.1) is 6.92 Å². The second-order valence-corrected chi connectivity index (χ2v) is 4.51. The van der Waals surface area contributed by atoms with Gasteiger partial charge in [0.25, 0.3) is 0 Å². The lowest BCUT2D eigenvalue weighted by Gasteiger charge is -2.26. The van der Waals surface area contributed by atoms with Gasteiger partial charge in [0.15, 0.2) is 5.54 Å². The number of hydrogen-bond donors (Lipinski definition) is 2. The van der Waals surface area contributed by atoms with Crippen LogP contribution in [0.1, 0.15) is 18.2 Å². The topological polar surface area (TPSA) is 75.1 Å². The summed E-state index contributed by atoms with van der Waals surface area (Å²) in [5.74, 6) is -1.01. The molecule has 0 saturated heterocycles. The molecule has 0 spiro atoms. The van der Waals surface area contributed by atoms with Crippen molar-refractivity contribution < 1.29 is 9.90 Å². The highest BCUT2D eigenvalue weighted by Crippen LogP contribution is 2.24. The smallest absolute Gasteiger partial charge is 0.335 e. The summed E-state index contributed by atoms with van der Waals surface area (Å²) in [7, 11) is 0. The molecule has 2 rings (SSSR count). The number of nitrogens with one attached hydrogen (secondary N) is 1. The molecule has 5 heteroatoms. The number of aliphatic carboxylic acids is 1. The number of hydrogen-bond acceptors (Lipinski definition) is 4. The van der Waals surface area contributed by atoms with E-state index in [1.54, 1.807) is 6.92 Å². The Hall–Kier alpha value is -2.43. The van der Waals surface area contributed by atoms with E-state index in [0.717, 1.165) is 11.3 Å². The average Bonchev–Trinajstić information content (AvgIpc) is 2.42. The van der Waals surface area contributed by atoms with Gasteiger partial charge in [0, 0.05) is 18.1 Å². The molecule has 0 aliphatic rings. The number of carbonyl (C=O) groups is 1. The Labute approximate surface area is 111 Å². The first kappa shape index (κ1) is 13.0. The van der Waals surface area contributed by atoms with Crippen LogP contribution < -0.4 is 5.32 Å². The maximum atomic E-state index is 11.6. The molecule has 2 N–H and O–H groups in total. The van der Waals surface area contributed by atoms with Crippen molar-refractivity contribution in [2.45, 2.75) is 19.4 Å². The minimum absolute atomic E-state index is 0.364. The van der Waals surface area contributed by atoms with Crippen molar-refractivity contribution in [1.29, 1.82) is 0 Å². The number of anilines is 1. The van der Waals surface area contributed by atoms with Crippen LogP contribution >= 0.6 is 0 Å². The van der Waals surface area contributed by atoms with E-state index < -0.39 is 11.5 Å². The molecule has 98 valence electrons. The Bertz CT molecular complexity index is 569.